The van der Waals surface area contributed by atoms with Crippen molar-refractivity contribution in [2.75, 3.05) is 14.2 Å². The van der Waals surface area contributed by atoms with Gasteiger partial charge < -0.3 is 24.4 Å². The third kappa shape index (κ3) is 3.45. The minimum Gasteiger partial charge on any atom is -0.493 e. The van der Waals surface area contributed by atoms with Gasteiger partial charge in [0.2, 0.25) is 5.89 Å². The van der Waals surface area contributed by atoms with E-state index in [1.54, 1.807) is 18.2 Å². The fraction of sp³-hybridized carbons (Fsp3) is 0.267. The Morgan fingerprint density at radius 3 is 2.46 bits per heavy atom. The summed E-state index contributed by atoms with van der Waals surface area (Å²) in [6, 6.07) is 2.91. The van der Waals surface area contributed by atoms with E-state index in [0.29, 0.717) is 17.1 Å². The number of oxazole rings is 1. The maximum absolute atomic E-state index is 13.2. The van der Waals surface area contributed by atoms with Gasteiger partial charge in [-0.2, -0.15) is 4.39 Å². The fourth-order valence-corrected chi connectivity index (χ4v) is 2.07. The summed E-state index contributed by atoms with van der Waals surface area (Å²) < 4.78 is 33.6. The Bertz CT molecular complexity index is 773. The van der Waals surface area contributed by atoms with Gasteiger partial charge in [0.25, 0.3) is 0 Å². The van der Waals surface area contributed by atoms with Crippen LogP contribution in [0.1, 0.15) is 29.3 Å². The van der Waals surface area contributed by atoms with Crippen molar-refractivity contribution in [3.63, 3.8) is 0 Å². The topological polar surface area (TPSA) is 114 Å². The molecule has 1 aromatic carbocycles. The number of carbonyl (C=O) groups is 2. The Balaban J connectivity index is 2.48. The number of nitrogens with two attached hydrogens (primary N) is 1. The molecular formula is C15H15FN2O6. The molecule has 0 aliphatic rings. The van der Waals surface area contributed by atoms with Crippen LogP contribution in [0.5, 0.6) is 11.5 Å². The first-order valence-corrected chi connectivity index (χ1v) is 6.76. The molecule has 0 unspecified atom stereocenters. The van der Waals surface area contributed by atoms with Crippen LogP contribution in [0.25, 0.3) is 11.5 Å². The van der Waals surface area contributed by atoms with Crippen molar-refractivity contribution in [2.45, 2.75) is 13.0 Å². The van der Waals surface area contributed by atoms with Crippen LogP contribution in [0.3, 0.4) is 0 Å². The molecule has 24 heavy (non-hydrogen) atoms. The quantitative estimate of drug-likeness (QED) is 0.805. The minimum atomic E-state index is -1.82. The first-order chi connectivity index (χ1) is 11.4. The summed E-state index contributed by atoms with van der Waals surface area (Å²) in [5.41, 5.74) is 4.73. The van der Waals surface area contributed by atoms with Crippen LogP contribution in [0, 0.1) is 0 Å². The fourth-order valence-electron chi connectivity index (χ4n) is 2.07. The van der Waals surface area contributed by atoms with E-state index in [1.165, 1.54) is 21.1 Å². The Hall–Kier alpha value is -3.10. The van der Waals surface area contributed by atoms with Crippen LogP contribution in [-0.2, 0) is 4.74 Å². The normalized spacial score (nSPS) is 11.7. The largest absolute Gasteiger partial charge is 0.493 e. The summed E-state index contributed by atoms with van der Waals surface area (Å²) in [7, 11) is 2.92. The Morgan fingerprint density at radius 1 is 1.25 bits per heavy atom. The number of hydrogen-bond acceptors (Lipinski definition) is 7. The highest BCUT2D eigenvalue weighted by atomic mass is 19.1. The van der Waals surface area contributed by atoms with E-state index in [9.17, 15) is 14.0 Å². The molecule has 1 amide bonds. The average Bonchev–Trinajstić information content (AvgIpc) is 2.99. The molecule has 0 aliphatic carbocycles. The predicted octanol–water partition coefficient (Wildman–Crippen LogP) is 2.62. The second-order valence-electron chi connectivity index (χ2n) is 4.65. The lowest BCUT2D eigenvalue weighted by atomic mass is 10.2. The monoisotopic (exact) mass is 338 g/mol. The van der Waals surface area contributed by atoms with Crippen molar-refractivity contribution < 1.29 is 32.6 Å². The van der Waals surface area contributed by atoms with Crippen LogP contribution < -0.4 is 15.2 Å². The van der Waals surface area contributed by atoms with Gasteiger partial charge in [-0.25, -0.2) is 9.78 Å². The van der Waals surface area contributed by atoms with E-state index in [-0.39, 0.29) is 11.7 Å². The summed E-state index contributed by atoms with van der Waals surface area (Å²) in [4.78, 5) is 25.8. The number of hydrogen-bond donors (Lipinski definition) is 1. The number of nitrogens with zero attached hydrogens (tertiary/aromatic N) is 1. The van der Waals surface area contributed by atoms with Gasteiger partial charge >= 0.3 is 12.1 Å². The number of aromatic nitrogens is 1. The molecule has 0 bridgehead atoms. The summed E-state index contributed by atoms with van der Waals surface area (Å²) in [6.45, 7) is 1.37. The lowest BCUT2D eigenvalue weighted by Gasteiger charge is -2.09. The number of benzene rings is 1. The number of methoxy groups -OCH3 is 2. The molecule has 0 aliphatic heterocycles. The number of carbonyl (C=O) groups excluding carboxylic acids is 2. The van der Waals surface area contributed by atoms with E-state index in [2.05, 4.69) is 4.98 Å². The highest BCUT2D eigenvalue weighted by Gasteiger charge is 2.27. The van der Waals surface area contributed by atoms with Crippen molar-refractivity contribution in [1.29, 1.82) is 0 Å². The second kappa shape index (κ2) is 6.99. The molecule has 0 radical (unpaired) electrons. The first kappa shape index (κ1) is 17.3. The number of amides is 1. The molecule has 8 nitrogen and oxygen atoms in total. The van der Waals surface area contributed by atoms with E-state index in [0.717, 1.165) is 0 Å². The van der Waals surface area contributed by atoms with Gasteiger partial charge in [0, 0.05) is 5.56 Å². The molecule has 2 aromatic rings. The van der Waals surface area contributed by atoms with Crippen LogP contribution in [0.15, 0.2) is 22.6 Å². The predicted molar refractivity (Wildman–Crippen MR) is 79.6 cm³/mol. The van der Waals surface area contributed by atoms with Crippen LogP contribution in [-0.4, -0.2) is 31.3 Å². The maximum Gasteiger partial charge on any atom is 0.405 e. The van der Waals surface area contributed by atoms with Crippen LogP contribution in [0.4, 0.5) is 9.18 Å². The molecule has 1 aromatic heterocycles. The molecule has 0 spiro atoms. The smallest absolute Gasteiger partial charge is 0.405 e. The van der Waals surface area contributed by atoms with Crippen LogP contribution in [0.2, 0.25) is 0 Å². The SMILES string of the molecule is COc1ccc(-c2nc(C(=O)F)c([C@H](C)OC(N)=O)o2)cc1OC. The third-order valence-corrected chi connectivity index (χ3v) is 3.13. The zero-order valence-corrected chi connectivity index (χ0v) is 13.2. The van der Waals surface area contributed by atoms with Gasteiger partial charge in [-0.15, -0.1) is 0 Å². The molecule has 9 heteroatoms. The molecule has 0 saturated heterocycles. The summed E-state index contributed by atoms with van der Waals surface area (Å²) in [6.07, 6.45) is -2.18. The zero-order chi connectivity index (χ0) is 17.9. The van der Waals surface area contributed by atoms with Gasteiger partial charge in [0.1, 0.15) is 0 Å². The highest BCUT2D eigenvalue weighted by molar-refractivity contribution is 5.88. The van der Waals surface area contributed by atoms with Crippen molar-refractivity contribution in [3.8, 4) is 23.0 Å². The molecule has 0 saturated carbocycles. The Kier molecular flexibility index (Phi) is 5.02. The molecule has 128 valence electrons. The highest BCUT2D eigenvalue weighted by Crippen LogP contribution is 2.34. The van der Waals surface area contributed by atoms with Gasteiger partial charge in [-0.3, -0.25) is 4.79 Å². The van der Waals surface area contributed by atoms with E-state index in [1.807, 2.05) is 0 Å². The van der Waals surface area contributed by atoms with Gasteiger partial charge in [-0.05, 0) is 25.1 Å². The number of rotatable bonds is 6. The van der Waals surface area contributed by atoms with Gasteiger partial charge in [0.15, 0.2) is 29.1 Å². The number of primary amides is 1. The van der Waals surface area contributed by atoms with Crippen molar-refractivity contribution in [1.82, 2.24) is 4.98 Å². The van der Waals surface area contributed by atoms with Crippen molar-refractivity contribution in [2.24, 2.45) is 5.73 Å². The van der Waals surface area contributed by atoms with E-state index < -0.39 is 23.9 Å². The lowest BCUT2D eigenvalue weighted by Crippen LogP contribution is -2.16. The maximum atomic E-state index is 13.2. The van der Waals surface area contributed by atoms with E-state index >= 15 is 0 Å². The van der Waals surface area contributed by atoms with Gasteiger partial charge in [-0.1, -0.05) is 0 Å². The molecule has 0 fully saturated rings. The zero-order valence-electron chi connectivity index (χ0n) is 13.2. The third-order valence-electron chi connectivity index (χ3n) is 3.13. The second-order valence-corrected chi connectivity index (χ2v) is 4.65. The van der Waals surface area contributed by atoms with Crippen LogP contribution >= 0.6 is 0 Å². The summed E-state index contributed by atoms with van der Waals surface area (Å²) in [5, 5.41) is 0. The van der Waals surface area contributed by atoms with Gasteiger partial charge in [0.05, 0.1) is 14.2 Å². The minimum absolute atomic E-state index is 0.0492. The molecular weight excluding hydrogens is 323 g/mol. The standard InChI is InChI=1S/C15H15FN2O6/c1-7(23-15(17)20)12-11(13(16)19)18-14(24-12)8-4-5-9(21-2)10(6-8)22-3/h4-7H,1-3H3,(H2,17,20)/t7-/m0/s1. The lowest BCUT2D eigenvalue weighted by molar-refractivity contribution is 0.0802. The Labute approximate surface area is 136 Å². The first-order valence-electron chi connectivity index (χ1n) is 6.76. The Morgan fingerprint density at radius 2 is 1.92 bits per heavy atom. The average molecular weight is 338 g/mol. The molecule has 1 atom stereocenters. The van der Waals surface area contributed by atoms with Crippen molar-refractivity contribution >= 4 is 12.1 Å². The molecule has 1 heterocycles. The van der Waals surface area contributed by atoms with Crippen molar-refractivity contribution in [3.05, 3.63) is 29.7 Å². The molecule has 2 rings (SSSR count). The summed E-state index contributed by atoms with van der Waals surface area (Å²) in [5.74, 6) is 0.572. The van der Waals surface area contributed by atoms with E-state index in [4.69, 9.17) is 24.4 Å². The molecule has 2 N–H and O–H groups in total. The number of ether oxygens (including phenoxy) is 3. The number of halogens is 1. The summed E-state index contributed by atoms with van der Waals surface area (Å²) >= 11 is 0.